The lowest BCUT2D eigenvalue weighted by molar-refractivity contribution is 0.210. The molecule has 0 spiro atoms. The molecule has 0 aliphatic rings. The maximum absolute atomic E-state index is 10.7. The number of amides is 1. The second kappa shape index (κ2) is 4.70. The first kappa shape index (κ1) is 11.2. The number of hydrogen-bond donors (Lipinski definition) is 2. The van der Waals surface area contributed by atoms with Crippen molar-refractivity contribution < 1.29 is 9.90 Å². The summed E-state index contributed by atoms with van der Waals surface area (Å²) in [5.41, 5.74) is 3.66. The zero-order valence-electron chi connectivity index (χ0n) is 9.47. The van der Waals surface area contributed by atoms with Crippen molar-refractivity contribution in [2.24, 2.45) is 0 Å². The second-order valence-electron chi connectivity index (χ2n) is 3.84. The molecule has 2 rings (SSSR count). The standard InChI is InChI=1S/C14H13NO2/c1-10-6-8-11(9-7-10)12-4-2-3-5-13(12)15-14(16)17/h2-9,15H,1H3,(H,16,17). The number of benzene rings is 2. The molecule has 2 aromatic carbocycles. The van der Waals surface area contributed by atoms with Gasteiger partial charge in [0, 0.05) is 5.56 Å². The summed E-state index contributed by atoms with van der Waals surface area (Å²) in [5, 5.41) is 11.2. The molecule has 0 fully saturated rings. The van der Waals surface area contributed by atoms with Crippen LogP contribution in [-0.4, -0.2) is 11.2 Å². The van der Waals surface area contributed by atoms with Crippen molar-refractivity contribution >= 4 is 11.8 Å². The monoisotopic (exact) mass is 227 g/mol. The summed E-state index contributed by atoms with van der Waals surface area (Å²) in [5.74, 6) is 0. The maximum Gasteiger partial charge on any atom is 0.409 e. The van der Waals surface area contributed by atoms with Crippen LogP contribution < -0.4 is 5.32 Å². The molecule has 0 bridgehead atoms. The van der Waals surface area contributed by atoms with E-state index in [1.165, 1.54) is 5.56 Å². The van der Waals surface area contributed by atoms with Gasteiger partial charge in [-0.25, -0.2) is 4.79 Å². The summed E-state index contributed by atoms with van der Waals surface area (Å²) in [7, 11) is 0. The zero-order valence-corrected chi connectivity index (χ0v) is 9.47. The van der Waals surface area contributed by atoms with Crippen molar-refractivity contribution in [1.29, 1.82) is 0 Å². The van der Waals surface area contributed by atoms with E-state index >= 15 is 0 Å². The Morgan fingerprint density at radius 1 is 1.06 bits per heavy atom. The number of hydrogen-bond acceptors (Lipinski definition) is 1. The van der Waals surface area contributed by atoms with Gasteiger partial charge in [0.15, 0.2) is 0 Å². The van der Waals surface area contributed by atoms with Crippen molar-refractivity contribution in [1.82, 2.24) is 0 Å². The molecule has 0 aromatic heterocycles. The predicted molar refractivity (Wildman–Crippen MR) is 68.3 cm³/mol. The minimum atomic E-state index is -1.05. The zero-order chi connectivity index (χ0) is 12.3. The fraction of sp³-hybridized carbons (Fsp3) is 0.0714. The lowest BCUT2D eigenvalue weighted by atomic mass is 10.0. The van der Waals surface area contributed by atoms with E-state index in [1.54, 1.807) is 6.07 Å². The number of carbonyl (C=O) groups is 1. The van der Waals surface area contributed by atoms with Crippen LogP contribution in [0.15, 0.2) is 48.5 Å². The summed E-state index contributed by atoms with van der Waals surface area (Å²) in [6.45, 7) is 2.02. The summed E-state index contributed by atoms with van der Waals surface area (Å²) >= 11 is 0. The first-order valence-electron chi connectivity index (χ1n) is 5.33. The normalized spacial score (nSPS) is 9.94. The maximum atomic E-state index is 10.7. The van der Waals surface area contributed by atoms with Gasteiger partial charge in [-0.15, -0.1) is 0 Å². The summed E-state index contributed by atoms with van der Waals surface area (Å²) < 4.78 is 0. The molecule has 3 heteroatoms. The molecule has 0 atom stereocenters. The van der Waals surface area contributed by atoms with E-state index in [-0.39, 0.29) is 0 Å². The van der Waals surface area contributed by atoms with E-state index in [2.05, 4.69) is 5.32 Å². The second-order valence-corrected chi connectivity index (χ2v) is 3.84. The van der Waals surface area contributed by atoms with Crippen molar-refractivity contribution in [3.05, 3.63) is 54.1 Å². The van der Waals surface area contributed by atoms with Gasteiger partial charge in [0.05, 0.1) is 5.69 Å². The van der Waals surface area contributed by atoms with Crippen LogP contribution in [0.5, 0.6) is 0 Å². The highest BCUT2D eigenvalue weighted by atomic mass is 16.4. The molecule has 0 aliphatic carbocycles. The average Bonchev–Trinajstić information content (AvgIpc) is 2.30. The smallest absolute Gasteiger partial charge is 0.409 e. The molecule has 0 unspecified atom stereocenters. The quantitative estimate of drug-likeness (QED) is 0.820. The Labute approximate surface area is 99.7 Å². The highest BCUT2D eigenvalue weighted by Crippen LogP contribution is 2.27. The molecular formula is C14H13NO2. The fourth-order valence-electron chi connectivity index (χ4n) is 1.69. The van der Waals surface area contributed by atoms with Gasteiger partial charge >= 0.3 is 6.09 Å². The van der Waals surface area contributed by atoms with Crippen LogP contribution in [0, 0.1) is 6.92 Å². The number of anilines is 1. The number of aryl methyl sites for hydroxylation is 1. The molecule has 0 saturated carbocycles. The number of nitrogens with one attached hydrogen (secondary N) is 1. The first-order valence-corrected chi connectivity index (χ1v) is 5.33. The molecule has 2 N–H and O–H groups in total. The van der Waals surface area contributed by atoms with E-state index in [1.807, 2.05) is 49.4 Å². The van der Waals surface area contributed by atoms with Gasteiger partial charge in [-0.1, -0.05) is 48.0 Å². The summed E-state index contributed by atoms with van der Waals surface area (Å²) in [6.07, 6.45) is -1.05. The molecule has 0 heterocycles. The Morgan fingerprint density at radius 2 is 1.71 bits per heavy atom. The van der Waals surface area contributed by atoms with Gasteiger partial charge in [-0.05, 0) is 18.6 Å². The molecule has 86 valence electrons. The lowest BCUT2D eigenvalue weighted by Gasteiger charge is -2.09. The topological polar surface area (TPSA) is 49.3 Å². The minimum Gasteiger partial charge on any atom is -0.465 e. The minimum absolute atomic E-state index is 0.601. The SMILES string of the molecule is Cc1ccc(-c2ccccc2NC(=O)O)cc1. The molecule has 1 amide bonds. The largest absolute Gasteiger partial charge is 0.465 e. The van der Waals surface area contributed by atoms with Crippen LogP contribution in [0.4, 0.5) is 10.5 Å². The lowest BCUT2D eigenvalue weighted by Crippen LogP contribution is -2.08. The molecule has 17 heavy (non-hydrogen) atoms. The third kappa shape index (κ3) is 2.64. The Kier molecular flexibility index (Phi) is 3.10. The highest BCUT2D eigenvalue weighted by Gasteiger charge is 2.06. The van der Waals surface area contributed by atoms with Crippen molar-refractivity contribution in [2.75, 3.05) is 5.32 Å². The van der Waals surface area contributed by atoms with E-state index < -0.39 is 6.09 Å². The van der Waals surface area contributed by atoms with Crippen LogP contribution in [0.2, 0.25) is 0 Å². The Morgan fingerprint density at radius 3 is 2.35 bits per heavy atom. The van der Waals surface area contributed by atoms with Gasteiger partial charge in [0.1, 0.15) is 0 Å². The van der Waals surface area contributed by atoms with Crippen LogP contribution in [0.25, 0.3) is 11.1 Å². The average molecular weight is 227 g/mol. The summed E-state index contributed by atoms with van der Waals surface area (Å²) in [4.78, 5) is 10.7. The third-order valence-corrected chi connectivity index (χ3v) is 2.53. The third-order valence-electron chi connectivity index (χ3n) is 2.53. The Bertz CT molecular complexity index is 532. The fourth-order valence-corrected chi connectivity index (χ4v) is 1.69. The molecule has 0 radical (unpaired) electrons. The summed E-state index contributed by atoms with van der Waals surface area (Å²) in [6, 6.07) is 15.3. The first-order chi connectivity index (χ1) is 8.16. The van der Waals surface area contributed by atoms with Crippen molar-refractivity contribution in [3.63, 3.8) is 0 Å². The van der Waals surface area contributed by atoms with Crippen LogP contribution in [0.1, 0.15) is 5.56 Å². The van der Waals surface area contributed by atoms with E-state index in [9.17, 15) is 4.79 Å². The number of carboxylic acid groups (broad SMARTS) is 1. The van der Waals surface area contributed by atoms with Gasteiger partial charge in [0.25, 0.3) is 0 Å². The van der Waals surface area contributed by atoms with Gasteiger partial charge < -0.3 is 5.11 Å². The molecule has 0 aliphatic heterocycles. The predicted octanol–water partition coefficient (Wildman–Crippen LogP) is 3.75. The Balaban J connectivity index is 2.44. The molecule has 2 aromatic rings. The van der Waals surface area contributed by atoms with Gasteiger partial charge in [-0.2, -0.15) is 0 Å². The van der Waals surface area contributed by atoms with Gasteiger partial charge in [0.2, 0.25) is 0 Å². The molecule has 3 nitrogen and oxygen atoms in total. The van der Waals surface area contributed by atoms with Crippen LogP contribution >= 0.6 is 0 Å². The Hall–Kier alpha value is -2.29. The van der Waals surface area contributed by atoms with Crippen molar-refractivity contribution in [2.45, 2.75) is 6.92 Å². The van der Waals surface area contributed by atoms with Crippen LogP contribution in [-0.2, 0) is 0 Å². The molecular weight excluding hydrogens is 214 g/mol. The molecule has 0 saturated heterocycles. The van der Waals surface area contributed by atoms with E-state index in [4.69, 9.17) is 5.11 Å². The number of para-hydroxylation sites is 1. The van der Waals surface area contributed by atoms with Crippen LogP contribution in [0.3, 0.4) is 0 Å². The van der Waals surface area contributed by atoms with Gasteiger partial charge in [-0.3, -0.25) is 5.32 Å². The van der Waals surface area contributed by atoms with Crippen molar-refractivity contribution in [3.8, 4) is 11.1 Å². The highest BCUT2D eigenvalue weighted by molar-refractivity contribution is 5.90. The number of rotatable bonds is 2. The van der Waals surface area contributed by atoms with E-state index in [0.29, 0.717) is 5.69 Å². The van der Waals surface area contributed by atoms with E-state index in [0.717, 1.165) is 11.1 Å².